The Morgan fingerprint density at radius 3 is 2.89 bits per heavy atom. The van der Waals surface area contributed by atoms with Crippen molar-refractivity contribution in [1.29, 1.82) is 0 Å². The number of nitrogens with one attached hydrogen (secondary N) is 1. The number of anilines is 1. The van der Waals surface area contributed by atoms with Crippen molar-refractivity contribution in [2.24, 2.45) is 0 Å². The highest BCUT2D eigenvalue weighted by Crippen LogP contribution is 2.22. The number of carbonyl (C=O) groups is 1. The van der Waals surface area contributed by atoms with Crippen LogP contribution in [0.5, 0.6) is 6.08 Å². The largest absolute Gasteiger partial charge is 0.439 e. The molecule has 7 heteroatoms. The van der Waals surface area contributed by atoms with Gasteiger partial charge >= 0.3 is 6.08 Å². The molecule has 6 nitrogen and oxygen atoms in total. The number of benzene rings is 1. The van der Waals surface area contributed by atoms with Crippen molar-refractivity contribution < 1.29 is 14.1 Å². The van der Waals surface area contributed by atoms with Crippen LogP contribution in [0, 0.1) is 13.8 Å². The monoisotopic (exact) mass is 281 g/mol. The van der Waals surface area contributed by atoms with Gasteiger partial charge in [0.1, 0.15) is 0 Å². The molecule has 1 heterocycles. The van der Waals surface area contributed by atoms with Crippen LogP contribution in [0.15, 0.2) is 22.7 Å². The average Bonchev–Trinajstić information content (AvgIpc) is 2.76. The Hall–Kier alpha value is -2.08. The quantitative estimate of drug-likeness (QED) is 0.931. The van der Waals surface area contributed by atoms with Crippen LogP contribution in [0.1, 0.15) is 11.4 Å². The number of aryl methyl sites for hydroxylation is 2. The van der Waals surface area contributed by atoms with Gasteiger partial charge in [-0.3, -0.25) is 9.32 Å². The molecule has 0 radical (unpaired) electrons. The molecule has 2 rings (SSSR count). The molecule has 0 aliphatic heterocycles. The van der Waals surface area contributed by atoms with Crippen LogP contribution in [-0.4, -0.2) is 22.7 Å². The van der Waals surface area contributed by atoms with Crippen molar-refractivity contribution in [1.82, 2.24) is 10.1 Å². The first-order chi connectivity index (χ1) is 9.04. The molecular weight excluding hydrogens is 270 g/mol. The van der Waals surface area contributed by atoms with Crippen LogP contribution in [0.4, 0.5) is 5.69 Å². The van der Waals surface area contributed by atoms with E-state index in [0.717, 1.165) is 5.56 Å². The summed E-state index contributed by atoms with van der Waals surface area (Å²) in [5.74, 6) is 0.0820. The predicted octanol–water partition coefficient (Wildman–Crippen LogP) is 2.36. The number of hydrogen-bond acceptors (Lipinski definition) is 5. The van der Waals surface area contributed by atoms with E-state index in [4.69, 9.17) is 20.9 Å². The Kier molecular flexibility index (Phi) is 4.01. The van der Waals surface area contributed by atoms with Gasteiger partial charge in [-0.05, 0) is 31.5 Å². The maximum Gasteiger partial charge on any atom is 0.417 e. The molecule has 0 fully saturated rings. The van der Waals surface area contributed by atoms with Crippen LogP contribution in [0.25, 0.3) is 0 Å². The summed E-state index contributed by atoms with van der Waals surface area (Å²) in [6, 6.07) is 5.34. The minimum atomic E-state index is -0.360. The minimum absolute atomic E-state index is 0.0392. The van der Waals surface area contributed by atoms with E-state index < -0.39 is 0 Å². The van der Waals surface area contributed by atoms with Crippen LogP contribution in [0.2, 0.25) is 5.02 Å². The standard InChI is InChI=1S/C12H12ClN3O3/c1-7-3-4-10(9(13)5-7)15-11(17)6-18-12-14-8(2)16-19-12/h3-5H,6H2,1-2H3,(H,15,17). The topological polar surface area (TPSA) is 77.2 Å². The van der Waals surface area contributed by atoms with Gasteiger partial charge in [0.2, 0.25) is 0 Å². The third kappa shape index (κ3) is 3.69. The second-order valence-corrected chi connectivity index (χ2v) is 4.33. The molecule has 0 atom stereocenters. The molecule has 0 aliphatic carbocycles. The number of hydrogen-bond donors (Lipinski definition) is 1. The summed E-state index contributed by atoms with van der Waals surface area (Å²) in [5.41, 5.74) is 1.54. The zero-order valence-electron chi connectivity index (χ0n) is 10.4. The van der Waals surface area contributed by atoms with E-state index in [1.807, 2.05) is 13.0 Å². The highest BCUT2D eigenvalue weighted by molar-refractivity contribution is 6.33. The molecule has 2 aromatic rings. The van der Waals surface area contributed by atoms with Crippen molar-refractivity contribution in [2.75, 3.05) is 11.9 Å². The first kappa shape index (κ1) is 13.4. The summed E-state index contributed by atoms with van der Waals surface area (Å²) in [6.07, 6.45) is -0.0392. The molecule has 0 aliphatic rings. The summed E-state index contributed by atoms with van der Waals surface area (Å²) in [4.78, 5) is 15.5. The number of ether oxygens (including phenoxy) is 1. The second-order valence-electron chi connectivity index (χ2n) is 3.93. The summed E-state index contributed by atoms with van der Waals surface area (Å²) >= 11 is 6.00. The third-order valence-electron chi connectivity index (χ3n) is 2.23. The fourth-order valence-electron chi connectivity index (χ4n) is 1.37. The first-order valence-electron chi connectivity index (χ1n) is 5.54. The molecule has 0 spiro atoms. The van der Waals surface area contributed by atoms with E-state index >= 15 is 0 Å². The Morgan fingerprint density at radius 1 is 1.47 bits per heavy atom. The van der Waals surface area contributed by atoms with Crippen LogP contribution in [0.3, 0.4) is 0 Å². The maximum atomic E-state index is 11.6. The Bertz CT molecular complexity index is 598. The smallest absolute Gasteiger partial charge is 0.417 e. The molecule has 0 saturated carbocycles. The van der Waals surface area contributed by atoms with Crippen molar-refractivity contribution in [2.45, 2.75) is 13.8 Å². The van der Waals surface area contributed by atoms with Crippen molar-refractivity contribution in [3.8, 4) is 6.08 Å². The molecule has 0 unspecified atom stereocenters. The summed E-state index contributed by atoms with van der Waals surface area (Å²) in [6.45, 7) is 3.34. The predicted molar refractivity (Wildman–Crippen MR) is 69.3 cm³/mol. The highest BCUT2D eigenvalue weighted by atomic mass is 35.5. The lowest BCUT2D eigenvalue weighted by Gasteiger charge is -2.07. The van der Waals surface area contributed by atoms with E-state index in [2.05, 4.69) is 15.5 Å². The fourth-order valence-corrected chi connectivity index (χ4v) is 1.65. The van der Waals surface area contributed by atoms with Crippen molar-refractivity contribution in [3.63, 3.8) is 0 Å². The van der Waals surface area contributed by atoms with Gasteiger partial charge < -0.3 is 10.1 Å². The zero-order chi connectivity index (χ0) is 13.8. The Morgan fingerprint density at radius 2 is 2.26 bits per heavy atom. The van der Waals surface area contributed by atoms with Gasteiger partial charge in [0.25, 0.3) is 5.91 Å². The van der Waals surface area contributed by atoms with Gasteiger partial charge in [0.15, 0.2) is 12.4 Å². The van der Waals surface area contributed by atoms with Gasteiger partial charge in [0, 0.05) is 0 Å². The molecule has 1 aromatic carbocycles. The highest BCUT2D eigenvalue weighted by Gasteiger charge is 2.09. The van der Waals surface area contributed by atoms with E-state index in [9.17, 15) is 4.79 Å². The van der Waals surface area contributed by atoms with Crippen LogP contribution < -0.4 is 10.1 Å². The number of amides is 1. The lowest BCUT2D eigenvalue weighted by molar-refractivity contribution is -0.118. The van der Waals surface area contributed by atoms with Gasteiger partial charge in [-0.25, -0.2) is 0 Å². The lowest BCUT2D eigenvalue weighted by Crippen LogP contribution is -2.20. The van der Waals surface area contributed by atoms with Crippen molar-refractivity contribution in [3.05, 3.63) is 34.6 Å². The summed E-state index contributed by atoms with van der Waals surface area (Å²) in [5, 5.41) is 6.64. The van der Waals surface area contributed by atoms with Gasteiger partial charge in [-0.1, -0.05) is 22.8 Å². The summed E-state index contributed by atoms with van der Waals surface area (Å²) < 4.78 is 9.74. The average molecular weight is 282 g/mol. The number of nitrogens with zero attached hydrogens (tertiary/aromatic N) is 2. The second kappa shape index (κ2) is 5.71. The molecule has 1 aromatic heterocycles. The summed E-state index contributed by atoms with van der Waals surface area (Å²) in [7, 11) is 0. The Balaban J connectivity index is 1.90. The molecule has 1 amide bonds. The normalized spacial score (nSPS) is 10.3. The molecule has 100 valence electrons. The minimum Gasteiger partial charge on any atom is -0.439 e. The number of aromatic nitrogens is 2. The zero-order valence-corrected chi connectivity index (χ0v) is 11.2. The molecule has 0 saturated heterocycles. The Labute approximate surface area is 114 Å². The maximum absolute atomic E-state index is 11.6. The lowest BCUT2D eigenvalue weighted by atomic mass is 10.2. The molecule has 0 bridgehead atoms. The number of carbonyl (C=O) groups excluding carboxylic acids is 1. The number of halogens is 1. The SMILES string of the molecule is Cc1ccc(NC(=O)COc2nc(C)no2)c(Cl)c1. The van der Waals surface area contributed by atoms with Gasteiger partial charge in [-0.15, -0.1) is 0 Å². The van der Waals surface area contributed by atoms with Crippen LogP contribution >= 0.6 is 11.6 Å². The molecular formula is C12H12ClN3O3. The van der Waals surface area contributed by atoms with E-state index in [1.54, 1.807) is 19.1 Å². The van der Waals surface area contributed by atoms with E-state index in [-0.39, 0.29) is 18.6 Å². The van der Waals surface area contributed by atoms with E-state index in [0.29, 0.717) is 16.5 Å². The molecule has 19 heavy (non-hydrogen) atoms. The fraction of sp³-hybridized carbons (Fsp3) is 0.250. The van der Waals surface area contributed by atoms with Gasteiger partial charge in [-0.2, -0.15) is 4.98 Å². The van der Waals surface area contributed by atoms with Crippen molar-refractivity contribution >= 4 is 23.2 Å². The molecule has 1 N–H and O–H groups in total. The number of rotatable bonds is 4. The first-order valence-corrected chi connectivity index (χ1v) is 5.91. The van der Waals surface area contributed by atoms with Crippen LogP contribution in [-0.2, 0) is 4.79 Å². The van der Waals surface area contributed by atoms with Gasteiger partial charge in [0.05, 0.1) is 10.7 Å². The third-order valence-corrected chi connectivity index (χ3v) is 2.55. The van der Waals surface area contributed by atoms with E-state index in [1.165, 1.54) is 0 Å².